The third-order valence-corrected chi connectivity index (χ3v) is 12.6. The molecule has 9 unspecified atom stereocenters. The molecular formula is C36H65N3O10. The number of carbonyl (C=O) groups is 1. The van der Waals surface area contributed by atoms with E-state index in [1.54, 1.807) is 7.11 Å². The number of nitrogens with two attached hydrogens (primary N) is 1. The molecule has 49 heavy (non-hydrogen) atoms. The largest absolute Gasteiger partial charge is 0.481 e. The maximum atomic E-state index is 12.3. The van der Waals surface area contributed by atoms with Crippen molar-refractivity contribution in [2.45, 2.75) is 170 Å². The second kappa shape index (κ2) is 18.2. The standard InChI is InChI=1S/C36H65N3O10/c1-21-7-9-36(18-34(43)44,17-23-8-10-38-33(37)12-23)32(39-21)19-47-31-14-24(13-30(46-2)35(31)45)28-16-25(41)15-26(49-28)5-3-22-4-6-27(42)29(11-22)48-20-40/h21-33,35,38-42,45H,3-20,37H2,1-2H3,(H,43,44)/t21-,22?,23?,24?,25+,26+,27?,28-,29?,30?,31?,32-,33?,35?,36-/m1/s1. The van der Waals surface area contributed by atoms with Crippen molar-refractivity contribution in [3.8, 4) is 0 Å². The summed E-state index contributed by atoms with van der Waals surface area (Å²) in [4.78, 5) is 12.3. The molecule has 3 aliphatic heterocycles. The first-order chi connectivity index (χ1) is 23.5. The van der Waals surface area contributed by atoms with Gasteiger partial charge >= 0.3 is 5.97 Å². The van der Waals surface area contributed by atoms with Gasteiger partial charge in [0.15, 0.2) is 0 Å². The van der Waals surface area contributed by atoms with Crippen molar-refractivity contribution in [2.24, 2.45) is 28.9 Å². The van der Waals surface area contributed by atoms with Crippen molar-refractivity contribution in [3.63, 3.8) is 0 Å². The highest BCUT2D eigenvalue weighted by Gasteiger charge is 2.48. The van der Waals surface area contributed by atoms with Crippen LogP contribution in [0.1, 0.15) is 103 Å². The summed E-state index contributed by atoms with van der Waals surface area (Å²) in [5.74, 6) is -0.101. The molecule has 3 heterocycles. The molecule has 0 amide bonds. The topological polar surface area (TPSA) is 205 Å². The van der Waals surface area contributed by atoms with Gasteiger partial charge in [0, 0.05) is 19.2 Å². The highest BCUT2D eigenvalue weighted by atomic mass is 16.6. The number of carboxylic acid groups (broad SMARTS) is 1. The highest BCUT2D eigenvalue weighted by Crippen LogP contribution is 2.45. The SMILES string of the molecule is COC1CC([C@H]2C[C@@H](O)C[C@H](CCC3CCC(O)C(OCO)C3)O2)CC(OC[C@H]2N[C@H](C)CC[C@]2(CC(=O)O)CC2CCNC(N)C2)C1O. The van der Waals surface area contributed by atoms with Gasteiger partial charge in [-0.15, -0.1) is 0 Å². The zero-order chi connectivity index (χ0) is 35.1. The van der Waals surface area contributed by atoms with Crippen molar-refractivity contribution >= 4 is 5.97 Å². The van der Waals surface area contributed by atoms with E-state index in [9.17, 15) is 30.3 Å². The highest BCUT2D eigenvalue weighted by molar-refractivity contribution is 5.68. The zero-order valence-corrected chi connectivity index (χ0v) is 29.7. The molecule has 2 saturated carbocycles. The van der Waals surface area contributed by atoms with Gasteiger partial charge in [-0.3, -0.25) is 4.79 Å². The van der Waals surface area contributed by atoms with Crippen LogP contribution in [0.5, 0.6) is 0 Å². The smallest absolute Gasteiger partial charge is 0.303 e. The molecule has 15 atom stereocenters. The molecule has 284 valence electrons. The average molecular weight is 700 g/mol. The number of ether oxygens (including phenoxy) is 4. The van der Waals surface area contributed by atoms with Crippen LogP contribution in [0, 0.1) is 23.2 Å². The number of piperidine rings is 2. The number of rotatable bonds is 14. The van der Waals surface area contributed by atoms with Gasteiger partial charge in [-0.2, -0.15) is 0 Å². The van der Waals surface area contributed by atoms with Crippen LogP contribution in [0.2, 0.25) is 0 Å². The van der Waals surface area contributed by atoms with Crippen molar-refractivity contribution in [1.29, 1.82) is 0 Å². The first-order valence-corrected chi connectivity index (χ1v) is 19.0. The average Bonchev–Trinajstić information content (AvgIpc) is 3.05. The summed E-state index contributed by atoms with van der Waals surface area (Å²) in [6.07, 6.45) is 6.91. The Hall–Kier alpha value is -0.970. The molecule has 0 aromatic carbocycles. The molecule has 5 fully saturated rings. The summed E-state index contributed by atoms with van der Waals surface area (Å²) in [6.45, 7) is 2.85. The summed E-state index contributed by atoms with van der Waals surface area (Å²) in [5.41, 5.74) is 5.76. The summed E-state index contributed by atoms with van der Waals surface area (Å²) in [7, 11) is 1.60. The number of hydrogen-bond donors (Lipinski definition) is 8. The fraction of sp³-hybridized carbons (Fsp3) is 0.972. The number of aliphatic carboxylic acids is 1. The Balaban J connectivity index is 1.22. The van der Waals surface area contributed by atoms with Crippen molar-refractivity contribution in [1.82, 2.24) is 10.6 Å². The molecule has 0 radical (unpaired) electrons. The number of carboxylic acids is 1. The monoisotopic (exact) mass is 699 g/mol. The Morgan fingerprint density at radius 1 is 0.939 bits per heavy atom. The number of nitrogens with one attached hydrogen (secondary N) is 2. The fourth-order valence-electron chi connectivity index (χ4n) is 9.94. The Kier molecular flexibility index (Phi) is 14.6. The maximum Gasteiger partial charge on any atom is 0.303 e. The molecule has 0 bridgehead atoms. The molecule has 5 aliphatic rings. The van der Waals surface area contributed by atoms with Gasteiger partial charge in [-0.1, -0.05) is 0 Å². The molecule has 13 heteroatoms. The van der Waals surface area contributed by atoms with E-state index in [0.29, 0.717) is 50.4 Å². The van der Waals surface area contributed by atoms with Crippen molar-refractivity contribution in [2.75, 3.05) is 27.1 Å². The van der Waals surface area contributed by atoms with Gasteiger partial charge in [-0.05, 0) is 127 Å². The molecule has 9 N–H and O–H groups in total. The minimum Gasteiger partial charge on any atom is -0.481 e. The number of aliphatic hydroxyl groups excluding tert-OH is 4. The van der Waals surface area contributed by atoms with E-state index in [0.717, 1.165) is 57.9 Å². The van der Waals surface area contributed by atoms with E-state index in [1.807, 2.05) is 0 Å². The van der Waals surface area contributed by atoms with Crippen LogP contribution in [0.3, 0.4) is 0 Å². The van der Waals surface area contributed by atoms with Crippen LogP contribution >= 0.6 is 0 Å². The van der Waals surface area contributed by atoms with E-state index in [-0.39, 0.29) is 55.5 Å². The Labute approximate surface area is 292 Å². The molecule has 0 aromatic rings. The normalized spacial score (nSPS) is 45.2. The van der Waals surface area contributed by atoms with Crippen LogP contribution < -0.4 is 16.4 Å². The Morgan fingerprint density at radius 3 is 2.47 bits per heavy atom. The first kappa shape index (κ1) is 39.2. The van der Waals surface area contributed by atoms with Crippen LogP contribution in [0.15, 0.2) is 0 Å². The van der Waals surface area contributed by atoms with E-state index in [1.165, 1.54) is 0 Å². The predicted octanol–water partition coefficient (Wildman–Crippen LogP) is 1.62. The lowest BCUT2D eigenvalue weighted by atomic mass is 9.64. The molecule has 0 aromatic heterocycles. The Morgan fingerprint density at radius 2 is 1.73 bits per heavy atom. The molecule has 13 nitrogen and oxygen atoms in total. The van der Waals surface area contributed by atoms with Crippen LogP contribution in [0.4, 0.5) is 0 Å². The summed E-state index contributed by atoms with van der Waals surface area (Å²) in [6, 6.07) is 0.0369. The zero-order valence-electron chi connectivity index (χ0n) is 29.7. The molecule has 5 rings (SSSR count). The minimum atomic E-state index is -0.835. The van der Waals surface area contributed by atoms with Gasteiger partial charge in [0.05, 0.1) is 61.9 Å². The number of aliphatic hydroxyl groups is 4. The van der Waals surface area contributed by atoms with Gasteiger partial charge in [-0.25, -0.2) is 0 Å². The first-order valence-electron chi connectivity index (χ1n) is 19.0. The summed E-state index contributed by atoms with van der Waals surface area (Å²) in [5, 5.41) is 58.8. The molecule has 0 spiro atoms. The predicted molar refractivity (Wildman–Crippen MR) is 181 cm³/mol. The van der Waals surface area contributed by atoms with E-state index in [4.69, 9.17) is 24.7 Å². The van der Waals surface area contributed by atoms with Crippen LogP contribution in [0.25, 0.3) is 0 Å². The van der Waals surface area contributed by atoms with Crippen molar-refractivity contribution < 1.29 is 49.3 Å². The summed E-state index contributed by atoms with van der Waals surface area (Å²) >= 11 is 0. The second-order valence-electron chi connectivity index (χ2n) is 16.2. The third-order valence-electron chi connectivity index (χ3n) is 12.6. The van der Waals surface area contributed by atoms with E-state index >= 15 is 0 Å². The van der Waals surface area contributed by atoms with Crippen LogP contribution in [-0.4, -0.2) is 126 Å². The lowest BCUT2D eigenvalue weighted by Gasteiger charge is -2.49. The second-order valence-corrected chi connectivity index (χ2v) is 16.2. The molecule has 3 saturated heterocycles. The van der Waals surface area contributed by atoms with Gasteiger partial charge in [0.1, 0.15) is 12.9 Å². The molecular weight excluding hydrogens is 634 g/mol. The van der Waals surface area contributed by atoms with E-state index < -0.39 is 48.7 Å². The third kappa shape index (κ3) is 10.6. The van der Waals surface area contributed by atoms with Gasteiger partial charge < -0.3 is 60.8 Å². The molecule has 2 aliphatic carbocycles. The van der Waals surface area contributed by atoms with Gasteiger partial charge in [0.25, 0.3) is 0 Å². The fourth-order valence-corrected chi connectivity index (χ4v) is 9.94. The lowest BCUT2D eigenvalue weighted by Crippen LogP contribution is -2.59. The van der Waals surface area contributed by atoms with Crippen molar-refractivity contribution in [3.05, 3.63) is 0 Å². The lowest BCUT2D eigenvalue weighted by molar-refractivity contribution is -0.181. The maximum absolute atomic E-state index is 12.3. The van der Waals surface area contributed by atoms with Crippen LogP contribution in [-0.2, 0) is 23.7 Å². The minimum absolute atomic E-state index is 0.0150. The Bertz CT molecular complexity index is 1030. The quantitative estimate of drug-likeness (QED) is 0.122. The summed E-state index contributed by atoms with van der Waals surface area (Å²) < 4.78 is 24.4. The van der Waals surface area contributed by atoms with Gasteiger partial charge in [0.2, 0.25) is 0 Å². The number of methoxy groups -OCH3 is 1. The van der Waals surface area contributed by atoms with E-state index in [2.05, 4.69) is 17.6 Å². The number of hydrogen-bond acceptors (Lipinski definition) is 12.